The zero-order chi connectivity index (χ0) is 15.2. The number of nitrogens with zero attached hydrogens (tertiary/aromatic N) is 2. The molecular weight excluding hydrogens is 274 g/mol. The standard InChI is InChI=1S/C18H21N3O/c22-18(15-6-5-11-19-14-15)20-16-7-9-17(10-8-16)21-12-3-1-2-4-13-21/h5-11,14H,1-4,12-13H2,(H,20,22). The molecule has 1 N–H and O–H groups in total. The zero-order valence-corrected chi connectivity index (χ0v) is 12.7. The van der Waals surface area contributed by atoms with Gasteiger partial charge in [-0.15, -0.1) is 0 Å². The molecule has 3 rings (SSSR count). The van der Waals surface area contributed by atoms with Crippen molar-refractivity contribution in [2.24, 2.45) is 0 Å². The highest BCUT2D eigenvalue weighted by molar-refractivity contribution is 6.04. The van der Waals surface area contributed by atoms with E-state index in [1.54, 1.807) is 24.5 Å². The molecule has 2 heterocycles. The summed E-state index contributed by atoms with van der Waals surface area (Å²) in [6, 6.07) is 11.6. The topological polar surface area (TPSA) is 45.2 Å². The van der Waals surface area contributed by atoms with Crippen molar-refractivity contribution < 1.29 is 4.79 Å². The van der Waals surface area contributed by atoms with Gasteiger partial charge in [-0.25, -0.2) is 0 Å². The third-order valence-electron chi connectivity index (χ3n) is 4.02. The number of anilines is 2. The maximum Gasteiger partial charge on any atom is 0.257 e. The fourth-order valence-electron chi connectivity index (χ4n) is 2.78. The number of amides is 1. The van der Waals surface area contributed by atoms with Gasteiger partial charge in [0.25, 0.3) is 5.91 Å². The monoisotopic (exact) mass is 295 g/mol. The number of rotatable bonds is 3. The van der Waals surface area contributed by atoms with Crippen LogP contribution < -0.4 is 10.2 Å². The molecule has 4 heteroatoms. The maximum absolute atomic E-state index is 12.1. The van der Waals surface area contributed by atoms with Gasteiger partial charge in [0, 0.05) is 36.9 Å². The molecule has 1 aliphatic heterocycles. The molecule has 0 atom stereocenters. The van der Waals surface area contributed by atoms with E-state index in [1.165, 1.54) is 31.4 Å². The zero-order valence-electron chi connectivity index (χ0n) is 12.7. The quantitative estimate of drug-likeness (QED) is 0.938. The van der Waals surface area contributed by atoms with Crippen LogP contribution in [-0.4, -0.2) is 24.0 Å². The molecule has 22 heavy (non-hydrogen) atoms. The molecule has 114 valence electrons. The largest absolute Gasteiger partial charge is 0.372 e. The normalized spacial score (nSPS) is 15.2. The van der Waals surface area contributed by atoms with Gasteiger partial charge in [-0.1, -0.05) is 12.8 Å². The lowest BCUT2D eigenvalue weighted by molar-refractivity contribution is 0.102. The predicted molar refractivity (Wildman–Crippen MR) is 89.3 cm³/mol. The first-order valence-electron chi connectivity index (χ1n) is 7.89. The van der Waals surface area contributed by atoms with E-state index in [9.17, 15) is 4.79 Å². The lowest BCUT2D eigenvalue weighted by atomic mass is 10.2. The van der Waals surface area contributed by atoms with Crippen LogP contribution in [0.2, 0.25) is 0 Å². The van der Waals surface area contributed by atoms with E-state index in [4.69, 9.17) is 0 Å². The number of carbonyl (C=O) groups is 1. The Kier molecular flexibility index (Phi) is 4.68. The molecular formula is C18H21N3O. The second-order valence-electron chi connectivity index (χ2n) is 5.64. The minimum atomic E-state index is -0.129. The molecule has 0 radical (unpaired) electrons. The number of pyridine rings is 1. The lowest BCUT2D eigenvalue weighted by Gasteiger charge is -2.22. The molecule has 0 spiro atoms. The summed E-state index contributed by atoms with van der Waals surface area (Å²) in [6.45, 7) is 2.25. The van der Waals surface area contributed by atoms with Crippen LogP contribution >= 0.6 is 0 Å². The number of hydrogen-bond acceptors (Lipinski definition) is 3. The van der Waals surface area contributed by atoms with Gasteiger partial charge in [0.05, 0.1) is 5.56 Å². The molecule has 4 nitrogen and oxygen atoms in total. The number of nitrogens with one attached hydrogen (secondary N) is 1. The Bertz CT molecular complexity index is 602. The summed E-state index contributed by atoms with van der Waals surface area (Å²) in [6.07, 6.45) is 8.41. The van der Waals surface area contributed by atoms with Crippen LogP contribution in [0.15, 0.2) is 48.8 Å². The van der Waals surface area contributed by atoms with E-state index in [0.717, 1.165) is 18.8 Å². The summed E-state index contributed by atoms with van der Waals surface area (Å²) >= 11 is 0. The van der Waals surface area contributed by atoms with Crippen molar-refractivity contribution >= 4 is 17.3 Å². The Balaban J connectivity index is 1.65. The lowest BCUT2D eigenvalue weighted by Crippen LogP contribution is -2.23. The second-order valence-corrected chi connectivity index (χ2v) is 5.64. The van der Waals surface area contributed by atoms with Crippen LogP contribution in [0.1, 0.15) is 36.0 Å². The average molecular weight is 295 g/mol. The molecule has 0 saturated carbocycles. The maximum atomic E-state index is 12.1. The van der Waals surface area contributed by atoms with Gasteiger partial charge in [0.2, 0.25) is 0 Å². The first kappa shape index (κ1) is 14.6. The molecule has 1 aliphatic rings. The molecule has 2 aromatic rings. The van der Waals surface area contributed by atoms with Gasteiger partial charge >= 0.3 is 0 Å². The fraction of sp³-hybridized carbons (Fsp3) is 0.333. The number of carbonyl (C=O) groups excluding carboxylic acids is 1. The fourth-order valence-corrected chi connectivity index (χ4v) is 2.78. The van der Waals surface area contributed by atoms with E-state index in [0.29, 0.717) is 5.56 Å². The molecule has 0 unspecified atom stereocenters. The highest BCUT2D eigenvalue weighted by atomic mass is 16.1. The highest BCUT2D eigenvalue weighted by Crippen LogP contribution is 2.21. The Morgan fingerprint density at radius 3 is 2.36 bits per heavy atom. The number of hydrogen-bond donors (Lipinski definition) is 1. The third-order valence-corrected chi connectivity index (χ3v) is 4.02. The van der Waals surface area contributed by atoms with Crippen molar-refractivity contribution in [1.82, 2.24) is 4.98 Å². The van der Waals surface area contributed by atoms with Crippen LogP contribution in [0.25, 0.3) is 0 Å². The van der Waals surface area contributed by atoms with Crippen molar-refractivity contribution in [1.29, 1.82) is 0 Å². The van der Waals surface area contributed by atoms with Gasteiger partial charge in [0.1, 0.15) is 0 Å². The van der Waals surface area contributed by atoms with Crippen molar-refractivity contribution in [3.05, 3.63) is 54.4 Å². The van der Waals surface area contributed by atoms with E-state index in [-0.39, 0.29) is 5.91 Å². The van der Waals surface area contributed by atoms with Crippen LogP contribution in [0.5, 0.6) is 0 Å². The van der Waals surface area contributed by atoms with Gasteiger partial charge in [0.15, 0.2) is 0 Å². The molecule has 1 aromatic carbocycles. The van der Waals surface area contributed by atoms with Crippen molar-refractivity contribution in [2.75, 3.05) is 23.3 Å². The first-order valence-corrected chi connectivity index (χ1v) is 7.89. The van der Waals surface area contributed by atoms with Gasteiger partial charge in [-0.2, -0.15) is 0 Å². The smallest absolute Gasteiger partial charge is 0.257 e. The van der Waals surface area contributed by atoms with Crippen LogP contribution in [0.4, 0.5) is 11.4 Å². The summed E-state index contributed by atoms with van der Waals surface area (Å²) in [5.41, 5.74) is 2.62. The third kappa shape index (κ3) is 3.64. The van der Waals surface area contributed by atoms with Crippen molar-refractivity contribution in [2.45, 2.75) is 25.7 Å². The summed E-state index contributed by atoms with van der Waals surface area (Å²) in [7, 11) is 0. The van der Waals surface area contributed by atoms with Crippen LogP contribution in [0, 0.1) is 0 Å². The minimum absolute atomic E-state index is 0.129. The van der Waals surface area contributed by atoms with E-state index >= 15 is 0 Å². The van der Waals surface area contributed by atoms with Crippen molar-refractivity contribution in [3.8, 4) is 0 Å². The van der Waals surface area contributed by atoms with Gasteiger partial charge in [-0.3, -0.25) is 9.78 Å². The molecule has 1 amide bonds. The van der Waals surface area contributed by atoms with Gasteiger partial charge < -0.3 is 10.2 Å². The molecule has 1 aromatic heterocycles. The predicted octanol–water partition coefficient (Wildman–Crippen LogP) is 3.71. The molecule has 0 bridgehead atoms. The van der Waals surface area contributed by atoms with Crippen molar-refractivity contribution in [3.63, 3.8) is 0 Å². The first-order chi connectivity index (χ1) is 10.8. The Morgan fingerprint density at radius 1 is 1.00 bits per heavy atom. The minimum Gasteiger partial charge on any atom is -0.372 e. The Labute approximate surface area is 131 Å². The van der Waals surface area contributed by atoms with E-state index in [1.807, 2.05) is 12.1 Å². The van der Waals surface area contributed by atoms with Crippen LogP contribution in [-0.2, 0) is 0 Å². The summed E-state index contributed by atoms with van der Waals surface area (Å²) in [5.74, 6) is -0.129. The second kappa shape index (κ2) is 7.07. The SMILES string of the molecule is O=C(Nc1ccc(N2CCCCCC2)cc1)c1cccnc1. The number of benzene rings is 1. The number of aromatic nitrogens is 1. The van der Waals surface area contributed by atoms with E-state index in [2.05, 4.69) is 27.3 Å². The van der Waals surface area contributed by atoms with Crippen LogP contribution in [0.3, 0.4) is 0 Å². The summed E-state index contributed by atoms with van der Waals surface area (Å²) in [4.78, 5) is 18.5. The summed E-state index contributed by atoms with van der Waals surface area (Å²) in [5, 5.41) is 2.90. The molecule has 1 saturated heterocycles. The molecule has 0 aliphatic carbocycles. The highest BCUT2D eigenvalue weighted by Gasteiger charge is 2.10. The molecule has 1 fully saturated rings. The Hall–Kier alpha value is -2.36. The Morgan fingerprint density at radius 2 is 1.73 bits per heavy atom. The average Bonchev–Trinajstić information content (AvgIpc) is 2.86. The van der Waals surface area contributed by atoms with Gasteiger partial charge in [-0.05, 0) is 49.2 Å². The summed E-state index contributed by atoms with van der Waals surface area (Å²) < 4.78 is 0. The van der Waals surface area contributed by atoms with E-state index < -0.39 is 0 Å².